The van der Waals surface area contributed by atoms with Gasteiger partial charge in [-0.15, -0.1) is 0 Å². The van der Waals surface area contributed by atoms with Gasteiger partial charge in [0.15, 0.2) is 23.1 Å². The normalized spacial score (nSPS) is 12.4. The Hall–Kier alpha value is -5.48. The standard InChI is InChI=1S/C31H25N3O7/c35-26(21-10-3-1-4-11-21)28(32-30(37)24-15-8-18-40-24)34(20-23-14-7-17-39-23)29(27(36)22-12-5-2-6-13-22)33-31(38)25-16-9-19-41-25/h1-19,28-29H,20H2,(H,32,37)(H,33,38)/t28-,29+. The van der Waals surface area contributed by atoms with Gasteiger partial charge in [-0.3, -0.25) is 19.2 Å². The number of hydrogen-bond acceptors (Lipinski definition) is 8. The topological polar surface area (TPSA) is 135 Å². The molecule has 3 heterocycles. The predicted octanol–water partition coefficient (Wildman–Crippen LogP) is 4.55. The molecular formula is C31H25N3O7. The van der Waals surface area contributed by atoms with Gasteiger partial charge in [0, 0.05) is 11.1 Å². The smallest absolute Gasteiger partial charge is 0.288 e. The fourth-order valence-electron chi connectivity index (χ4n) is 4.24. The number of rotatable bonds is 12. The van der Waals surface area contributed by atoms with Crippen LogP contribution in [0.25, 0.3) is 0 Å². The van der Waals surface area contributed by atoms with Gasteiger partial charge in [0.25, 0.3) is 11.8 Å². The third kappa shape index (κ3) is 6.40. The first kappa shape index (κ1) is 27.1. The van der Waals surface area contributed by atoms with Gasteiger partial charge in [-0.2, -0.15) is 0 Å². The van der Waals surface area contributed by atoms with Gasteiger partial charge >= 0.3 is 0 Å². The molecule has 2 amide bonds. The largest absolute Gasteiger partial charge is 0.468 e. The lowest BCUT2D eigenvalue weighted by Crippen LogP contribution is -2.62. The molecule has 0 saturated carbocycles. The van der Waals surface area contributed by atoms with E-state index in [-0.39, 0.29) is 29.2 Å². The fraction of sp³-hybridized carbons (Fsp3) is 0.0968. The van der Waals surface area contributed by atoms with Crippen molar-refractivity contribution < 1.29 is 32.4 Å². The van der Waals surface area contributed by atoms with Crippen molar-refractivity contribution in [3.63, 3.8) is 0 Å². The minimum atomic E-state index is -1.45. The van der Waals surface area contributed by atoms with Crippen LogP contribution in [0.3, 0.4) is 0 Å². The van der Waals surface area contributed by atoms with E-state index in [2.05, 4.69) is 10.6 Å². The van der Waals surface area contributed by atoms with Crippen molar-refractivity contribution in [3.8, 4) is 0 Å². The van der Waals surface area contributed by atoms with Gasteiger partial charge in [-0.1, -0.05) is 60.7 Å². The third-order valence-corrected chi connectivity index (χ3v) is 6.22. The molecule has 0 aliphatic rings. The van der Waals surface area contributed by atoms with Crippen molar-refractivity contribution in [3.05, 3.63) is 144 Å². The number of amides is 2. The monoisotopic (exact) mass is 551 g/mol. The summed E-state index contributed by atoms with van der Waals surface area (Å²) in [5, 5.41) is 5.40. The van der Waals surface area contributed by atoms with Crippen LogP contribution in [-0.2, 0) is 6.54 Å². The zero-order valence-electron chi connectivity index (χ0n) is 21.6. The van der Waals surface area contributed by atoms with Crippen LogP contribution in [0.5, 0.6) is 0 Å². The summed E-state index contributed by atoms with van der Waals surface area (Å²) in [5.74, 6) is -2.17. The van der Waals surface area contributed by atoms with E-state index in [1.807, 2.05) is 0 Å². The first-order valence-corrected chi connectivity index (χ1v) is 12.7. The lowest BCUT2D eigenvalue weighted by atomic mass is 10.0. The van der Waals surface area contributed by atoms with E-state index >= 15 is 0 Å². The molecule has 0 spiro atoms. The van der Waals surface area contributed by atoms with E-state index in [0.29, 0.717) is 5.76 Å². The van der Waals surface area contributed by atoms with Crippen molar-refractivity contribution in [2.24, 2.45) is 0 Å². The van der Waals surface area contributed by atoms with Gasteiger partial charge in [-0.05, 0) is 36.4 Å². The zero-order valence-corrected chi connectivity index (χ0v) is 21.6. The average Bonchev–Trinajstić information content (AvgIpc) is 3.82. The maximum absolute atomic E-state index is 14.0. The number of carbonyl (C=O) groups excluding carboxylic acids is 4. The second-order valence-electron chi connectivity index (χ2n) is 8.92. The molecule has 206 valence electrons. The SMILES string of the molecule is O=C(N[C@H](C(=O)c1ccccc1)N(Cc1ccco1)[C@@H](NC(=O)c1ccco1)C(=O)c1ccccc1)c1ccco1. The first-order valence-electron chi connectivity index (χ1n) is 12.7. The summed E-state index contributed by atoms with van der Waals surface area (Å²) in [5.41, 5.74) is 0.537. The van der Waals surface area contributed by atoms with Crippen LogP contribution in [0.2, 0.25) is 0 Å². The molecule has 0 unspecified atom stereocenters. The Kier molecular flexibility index (Phi) is 8.32. The summed E-state index contributed by atoms with van der Waals surface area (Å²) in [7, 11) is 0. The van der Waals surface area contributed by atoms with Crippen LogP contribution >= 0.6 is 0 Å². The number of nitrogens with zero attached hydrogens (tertiary/aromatic N) is 1. The molecule has 41 heavy (non-hydrogen) atoms. The Morgan fingerprint density at radius 3 is 1.39 bits per heavy atom. The number of ketones is 2. The predicted molar refractivity (Wildman–Crippen MR) is 146 cm³/mol. The summed E-state index contributed by atoms with van der Waals surface area (Å²) >= 11 is 0. The molecule has 0 saturated heterocycles. The van der Waals surface area contributed by atoms with Crippen LogP contribution in [-0.4, -0.2) is 40.6 Å². The minimum absolute atomic E-state index is 0.0423. The molecule has 0 aliphatic carbocycles. The molecule has 5 aromatic rings. The molecule has 0 radical (unpaired) electrons. The maximum atomic E-state index is 14.0. The highest BCUT2D eigenvalue weighted by Crippen LogP contribution is 2.19. The molecule has 10 heteroatoms. The van der Waals surface area contributed by atoms with Gasteiger partial charge < -0.3 is 23.9 Å². The van der Waals surface area contributed by atoms with Gasteiger partial charge in [0.05, 0.1) is 25.3 Å². The van der Waals surface area contributed by atoms with Gasteiger partial charge in [-0.25, -0.2) is 4.90 Å². The molecule has 3 aromatic heterocycles. The van der Waals surface area contributed by atoms with E-state index in [1.54, 1.807) is 72.8 Å². The van der Waals surface area contributed by atoms with E-state index in [9.17, 15) is 19.2 Å². The number of furan rings is 3. The van der Waals surface area contributed by atoms with Crippen molar-refractivity contribution in [2.75, 3.05) is 0 Å². The Morgan fingerprint density at radius 1 is 0.561 bits per heavy atom. The lowest BCUT2D eigenvalue weighted by molar-refractivity contribution is 0.0402. The van der Waals surface area contributed by atoms with Crippen LogP contribution in [0, 0.1) is 0 Å². The molecule has 10 nitrogen and oxygen atoms in total. The Balaban J connectivity index is 1.62. The quantitative estimate of drug-likeness (QED) is 0.170. The first-order chi connectivity index (χ1) is 20.0. The van der Waals surface area contributed by atoms with Crippen LogP contribution < -0.4 is 10.6 Å². The number of nitrogens with one attached hydrogen (secondary N) is 2. The van der Waals surface area contributed by atoms with Gasteiger partial charge in [0.2, 0.25) is 0 Å². The number of hydrogen-bond donors (Lipinski definition) is 2. The molecule has 2 aromatic carbocycles. The fourth-order valence-corrected chi connectivity index (χ4v) is 4.24. The second-order valence-corrected chi connectivity index (χ2v) is 8.92. The van der Waals surface area contributed by atoms with E-state index in [0.717, 1.165) is 0 Å². The average molecular weight is 552 g/mol. The maximum Gasteiger partial charge on any atom is 0.288 e. The highest BCUT2D eigenvalue weighted by Gasteiger charge is 2.39. The van der Waals surface area contributed by atoms with Crippen molar-refractivity contribution >= 4 is 23.4 Å². The Morgan fingerprint density at radius 2 is 1.00 bits per heavy atom. The Bertz CT molecular complexity index is 1480. The number of Topliss-reactive ketones (excluding diaryl/α,β-unsaturated/α-hetero) is 2. The highest BCUT2D eigenvalue weighted by molar-refractivity contribution is 6.06. The van der Waals surface area contributed by atoms with Crippen LogP contribution in [0.15, 0.2) is 129 Å². The summed E-state index contributed by atoms with van der Waals surface area (Å²) in [4.78, 5) is 55.9. The molecule has 0 fully saturated rings. The van der Waals surface area contributed by atoms with Gasteiger partial charge in [0.1, 0.15) is 18.1 Å². The minimum Gasteiger partial charge on any atom is -0.468 e. The molecule has 2 atom stereocenters. The summed E-state index contributed by atoms with van der Waals surface area (Å²) in [6, 6.07) is 25.9. The molecule has 5 rings (SSSR count). The Labute approximate surface area is 234 Å². The van der Waals surface area contributed by atoms with Crippen molar-refractivity contribution in [1.29, 1.82) is 0 Å². The second kappa shape index (κ2) is 12.6. The van der Waals surface area contributed by atoms with E-state index in [4.69, 9.17) is 13.3 Å². The highest BCUT2D eigenvalue weighted by atomic mass is 16.3. The summed E-state index contributed by atoms with van der Waals surface area (Å²) < 4.78 is 16.1. The molecule has 0 aliphatic heterocycles. The lowest BCUT2D eigenvalue weighted by Gasteiger charge is -2.36. The molecule has 0 bridgehead atoms. The van der Waals surface area contributed by atoms with Crippen LogP contribution in [0.1, 0.15) is 47.6 Å². The third-order valence-electron chi connectivity index (χ3n) is 6.22. The number of carbonyl (C=O) groups is 4. The molecular weight excluding hydrogens is 526 g/mol. The van der Waals surface area contributed by atoms with Crippen LogP contribution in [0.4, 0.5) is 0 Å². The van der Waals surface area contributed by atoms with Crippen molar-refractivity contribution in [2.45, 2.75) is 18.9 Å². The summed E-state index contributed by atoms with van der Waals surface area (Å²) in [6.07, 6.45) is 1.20. The van der Waals surface area contributed by atoms with Crippen molar-refractivity contribution in [1.82, 2.24) is 15.5 Å². The number of benzene rings is 2. The van der Waals surface area contributed by atoms with E-state index < -0.39 is 35.7 Å². The van der Waals surface area contributed by atoms with E-state index in [1.165, 1.54) is 48.0 Å². The molecule has 2 N–H and O–H groups in total. The summed E-state index contributed by atoms with van der Waals surface area (Å²) in [6.45, 7) is -0.143. The zero-order chi connectivity index (χ0) is 28.6.